The summed E-state index contributed by atoms with van der Waals surface area (Å²) in [5.74, 6) is 0. The first-order chi connectivity index (χ1) is 7.89. The Morgan fingerprint density at radius 2 is 2.06 bits per heavy atom. The molecule has 1 atom stereocenters. The van der Waals surface area contributed by atoms with Crippen molar-refractivity contribution in [1.82, 2.24) is 0 Å². The van der Waals surface area contributed by atoms with Crippen LogP contribution < -0.4 is 0 Å². The van der Waals surface area contributed by atoms with E-state index in [1.54, 1.807) is 0 Å². The number of fused-ring (bicyclic) bond motifs is 1. The molecule has 0 fully saturated rings. The van der Waals surface area contributed by atoms with E-state index in [0.29, 0.717) is 5.56 Å². The highest BCUT2D eigenvalue weighted by Gasteiger charge is 2.34. The van der Waals surface area contributed by atoms with E-state index in [9.17, 15) is 18.3 Å². The van der Waals surface area contributed by atoms with Crippen LogP contribution >= 0.6 is 0 Å². The molecule has 0 amide bonds. The Balaban J connectivity index is 2.64. The van der Waals surface area contributed by atoms with Crippen molar-refractivity contribution in [2.24, 2.45) is 0 Å². The zero-order valence-electron chi connectivity index (χ0n) is 9.08. The fraction of sp³-hybridized carbons (Fsp3) is 0.333. The Hall–Kier alpha value is -1.49. The molecule has 2 aromatic rings. The van der Waals surface area contributed by atoms with Gasteiger partial charge in [0, 0.05) is 17.4 Å². The summed E-state index contributed by atoms with van der Waals surface area (Å²) in [4.78, 5) is 0. The molecule has 1 aromatic heterocycles. The van der Waals surface area contributed by atoms with Gasteiger partial charge in [-0.25, -0.2) is 0 Å². The minimum absolute atomic E-state index is 0.0425. The highest BCUT2D eigenvalue weighted by Crippen LogP contribution is 2.37. The van der Waals surface area contributed by atoms with Crippen LogP contribution in [-0.2, 0) is 12.6 Å². The lowest BCUT2D eigenvalue weighted by molar-refractivity contribution is -0.136. The Morgan fingerprint density at radius 1 is 1.35 bits per heavy atom. The van der Waals surface area contributed by atoms with Gasteiger partial charge in [-0.2, -0.15) is 13.2 Å². The van der Waals surface area contributed by atoms with E-state index in [4.69, 9.17) is 4.42 Å². The van der Waals surface area contributed by atoms with Crippen LogP contribution in [0.3, 0.4) is 0 Å². The molecule has 0 radical (unpaired) electrons. The molecule has 17 heavy (non-hydrogen) atoms. The topological polar surface area (TPSA) is 33.4 Å². The number of hydrogen-bond donors (Lipinski definition) is 1. The molecule has 92 valence electrons. The van der Waals surface area contributed by atoms with Gasteiger partial charge in [0.05, 0.1) is 17.9 Å². The van der Waals surface area contributed by atoms with E-state index < -0.39 is 17.8 Å². The van der Waals surface area contributed by atoms with Crippen LogP contribution in [0, 0.1) is 0 Å². The Kier molecular flexibility index (Phi) is 2.87. The number of rotatable bonds is 2. The quantitative estimate of drug-likeness (QED) is 0.878. The van der Waals surface area contributed by atoms with Crippen molar-refractivity contribution >= 4 is 11.0 Å². The lowest BCUT2D eigenvalue weighted by atomic mass is 10.0. The molecular weight excluding hydrogens is 233 g/mol. The van der Waals surface area contributed by atoms with Crippen molar-refractivity contribution < 1.29 is 22.7 Å². The number of halogens is 3. The molecule has 0 saturated heterocycles. The highest BCUT2D eigenvalue weighted by atomic mass is 19.4. The number of furan rings is 1. The maximum atomic E-state index is 12.8. The number of alkyl halides is 3. The van der Waals surface area contributed by atoms with Gasteiger partial charge in [-0.05, 0) is 19.1 Å². The minimum Gasteiger partial charge on any atom is -0.464 e. The monoisotopic (exact) mass is 244 g/mol. The van der Waals surface area contributed by atoms with Crippen molar-refractivity contribution in [3.8, 4) is 0 Å². The van der Waals surface area contributed by atoms with Crippen LogP contribution in [0.25, 0.3) is 11.0 Å². The molecule has 1 N–H and O–H groups in total. The Bertz CT molecular complexity index is 526. The molecule has 2 rings (SSSR count). The van der Waals surface area contributed by atoms with E-state index in [2.05, 4.69) is 0 Å². The molecule has 0 saturated carbocycles. The fourth-order valence-electron chi connectivity index (χ4n) is 1.86. The second kappa shape index (κ2) is 4.07. The number of aliphatic hydroxyl groups excluding tert-OH is 1. The summed E-state index contributed by atoms with van der Waals surface area (Å²) in [7, 11) is 0. The largest absolute Gasteiger partial charge is 0.464 e. The fourth-order valence-corrected chi connectivity index (χ4v) is 1.86. The molecule has 1 aromatic carbocycles. The second-order valence-electron chi connectivity index (χ2n) is 3.99. The van der Waals surface area contributed by atoms with Crippen LogP contribution in [-0.4, -0.2) is 11.2 Å². The zero-order chi connectivity index (χ0) is 12.6. The maximum Gasteiger partial charge on any atom is 0.417 e. The zero-order valence-corrected chi connectivity index (χ0v) is 9.08. The Labute approximate surface area is 95.7 Å². The molecule has 0 aliphatic heterocycles. The summed E-state index contributed by atoms with van der Waals surface area (Å²) in [5, 5.41) is 9.30. The van der Waals surface area contributed by atoms with Gasteiger partial charge in [-0.3, -0.25) is 0 Å². The third-order valence-corrected chi connectivity index (χ3v) is 2.50. The predicted octanol–water partition coefficient (Wildman–Crippen LogP) is 3.37. The van der Waals surface area contributed by atoms with Crippen molar-refractivity contribution in [3.05, 3.63) is 35.6 Å². The summed E-state index contributed by atoms with van der Waals surface area (Å²) >= 11 is 0. The third-order valence-electron chi connectivity index (χ3n) is 2.50. The number of aliphatic hydroxyl groups is 1. The van der Waals surface area contributed by atoms with E-state index in [-0.39, 0.29) is 17.4 Å². The van der Waals surface area contributed by atoms with E-state index >= 15 is 0 Å². The molecule has 0 bridgehead atoms. The molecule has 1 unspecified atom stereocenters. The number of hydrogen-bond acceptors (Lipinski definition) is 2. The first-order valence-corrected chi connectivity index (χ1v) is 5.14. The molecule has 0 spiro atoms. The molecule has 1 heterocycles. The van der Waals surface area contributed by atoms with Crippen LogP contribution in [0.4, 0.5) is 13.2 Å². The molecule has 0 aliphatic carbocycles. The molecule has 0 aliphatic rings. The van der Waals surface area contributed by atoms with Gasteiger partial charge < -0.3 is 9.52 Å². The van der Waals surface area contributed by atoms with Gasteiger partial charge in [0.1, 0.15) is 5.58 Å². The lowest BCUT2D eigenvalue weighted by Crippen LogP contribution is -2.08. The van der Waals surface area contributed by atoms with E-state index in [0.717, 1.165) is 6.07 Å². The van der Waals surface area contributed by atoms with Crippen LogP contribution in [0.2, 0.25) is 0 Å². The first kappa shape index (κ1) is 12.0. The first-order valence-electron chi connectivity index (χ1n) is 5.14. The summed E-state index contributed by atoms with van der Waals surface area (Å²) in [6.45, 7) is 1.52. The van der Waals surface area contributed by atoms with Gasteiger partial charge in [-0.1, -0.05) is 6.07 Å². The van der Waals surface area contributed by atoms with Crippen molar-refractivity contribution in [3.63, 3.8) is 0 Å². The average Bonchev–Trinajstić information content (AvgIpc) is 2.59. The van der Waals surface area contributed by atoms with Gasteiger partial charge in [0.15, 0.2) is 0 Å². The van der Waals surface area contributed by atoms with Crippen molar-refractivity contribution in [2.75, 3.05) is 0 Å². The van der Waals surface area contributed by atoms with Crippen molar-refractivity contribution in [2.45, 2.75) is 25.6 Å². The lowest BCUT2D eigenvalue weighted by Gasteiger charge is -2.09. The predicted molar refractivity (Wildman–Crippen MR) is 56.6 cm³/mol. The van der Waals surface area contributed by atoms with E-state index in [1.165, 1.54) is 25.3 Å². The minimum atomic E-state index is -4.42. The van der Waals surface area contributed by atoms with Gasteiger partial charge in [0.2, 0.25) is 0 Å². The summed E-state index contributed by atoms with van der Waals surface area (Å²) in [6.07, 6.45) is -3.72. The van der Waals surface area contributed by atoms with Gasteiger partial charge in [-0.15, -0.1) is 0 Å². The third kappa shape index (κ3) is 2.29. The van der Waals surface area contributed by atoms with Crippen LogP contribution in [0.1, 0.15) is 18.1 Å². The smallest absolute Gasteiger partial charge is 0.417 e. The SMILES string of the molecule is CC(O)Cc1coc2cccc(C(F)(F)F)c12. The van der Waals surface area contributed by atoms with Gasteiger partial charge >= 0.3 is 6.18 Å². The molecule has 2 nitrogen and oxygen atoms in total. The summed E-state index contributed by atoms with van der Waals surface area (Å²) in [6, 6.07) is 3.81. The number of benzene rings is 1. The van der Waals surface area contributed by atoms with E-state index in [1.807, 2.05) is 0 Å². The summed E-state index contributed by atoms with van der Waals surface area (Å²) < 4.78 is 43.5. The average molecular weight is 244 g/mol. The van der Waals surface area contributed by atoms with Crippen molar-refractivity contribution in [1.29, 1.82) is 0 Å². The standard InChI is InChI=1S/C12H11F3O2/c1-7(16)5-8-6-17-10-4-2-3-9(11(8)10)12(13,14)15/h2-4,6-7,16H,5H2,1H3. The molecular formula is C12H11F3O2. The Morgan fingerprint density at radius 3 is 2.65 bits per heavy atom. The summed E-state index contributed by atoms with van der Waals surface area (Å²) in [5.41, 5.74) is -0.155. The van der Waals surface area contributed by atoms with Gasteiger partial charge in [0.25, 0.3) is 0 Å². The normalized spacial score (nSPS) is 14.2. The highest BCUT2D eigenvalue weighted by molar-refractivity contribution is 5.85. The van der Waals surface area contributed by atoms with Crippen LogP contribution in [0.15, 0.2) is 28.9 Å². The molecule has 5 heteroatoms. The maximum absolute atomic E-state index is 12.8. The second-order valence-corrected chi connectivity index (χ2v) is 3.99. The van der Waals surface area contributed by atoms with Crippen LogP contribution in [0.5, 0.6) is 0 Å².